The minimum absolute atomic E-state index is 0.134. The molecule has 0 amide bonds. The monoisotopic (exact) mass is 445 g/mol. The third-order valence-electron chi connectivity index (χ3n) is 5.82. The van der Waals surface area contributed by atoms with Gasteiger partial charge in [0.15, 0.2) is 10.8 Å². The molecule has 0 atom stereocenters. The minimum atomic E-state index is -0.436. The summed E-state index contributed by atoms with van der Waals surface area (Å²) in [5.74, 6) is 0.819. The van der Waals surface area contributed by atoms with Crippen LogP contribution in [0.1, 0.15) is 40.7 Å². The van der Waals surface area contributed by atoms with Gasteiger partial charge >= 0.3 is 0 Å². The van der Waals surface area contributed by atoms with Gasteiger partial charge in [-0.25, -0.2) is 0 Å². The van der Waals surface area contributed by atoms with Crippen molar-refractivity contribution in [2.24, 2.45) is 0 Å². The third kappa shape index (κ3) is 3.25. The van der Waals surface area contributed by atoms with Crippen LogP contribution in [0.15, 0.2) is 23.6 Å². The van der Waals surface area contributed by atoms with Gasteiger partial charge in [-0.3, -0.25) is 4.79 Å². The molecule has 5 nitrogen and oxygen atoms in total. The Balaban J connectivity index is 1.35. The summed E-state index contributed by atoms with van der Waals surface area (Å²) < 4.78 is 6.46. The zero-order valence-corrected chi connectivity index (χ0v) is 18.6. The summed E-state index contributed by atoms with van der Waals surface area (Å²) in [7, 11) is 0. The van der Waals surface area contributed by atoms with Gasteiger partial charge in [0.25, 0.3) is 0 Å². The lowest BCUT2D eigenvalue weighted by molar-refractivity contribution is 0.0230. The number of hydrogen-bond donors (Lipinski definition) is 0. The molecule has 3 aromatic rings. The van der Waals surface area contributed by atoms with Gasteiger partial charge < -0.3 is 9.64 Å². The van der Waals surface area contributed by atoms with Crippen molar-refractivity contribution in [3.63, 3.8) is 0 Å². The fourth-order valence-corrected chi connectivity index (χ4v) is 6.06. The number of anilines is 1. The molecule has 1 spiro atoms. The van der Waals surface area contributed by atoms with E-state index in [0.717, 1.165) is 52.1 Å². The smallest absolute Gasteiger partial charge is 0.208 e. The van der Waals surface area contributed by atoms with E-state index in [1.807, 2.05) is 31.4 Å². The summed E-state index contributed by atoms with van der Waals surface area (Å²) in [6.45, 7) is 5.45. The van der Waals surface area contributed by atoms with Gasteiger partial charge in [-0.05, 0) is 42.5 Å². The molecule has 0 unspecified atom stereocenters. The molecular weight excluding hydrogens is 426 g/mol. The Morgan fingerprint density at radius 1 is 1.24 bits per heavy atom. The molecule has 29 heavy (non-hydrogen) atoms. The second-order valence-corrected chi connectivity index (χ2v) is 10.0. The van der Waals surface area contributed by atoms with Crippen molar-refractivity contribution in [3.05, 3.63) is 45.3 Å². The molecule has 0 aliphatic carbocycles. The highest BCUT2D eigenvalue weighted by molar-refractivity contribution is 7.22. The van der Waals surface area contributed by atoms with E-state index >= 15 is 0 Å². The van der Waals surface area contributed by atoms with Crippen LogP contribution in [0.2, 0.25) is 5.02 Å². The molecule has 0 saturated carbocycles. The maximum absolute atomic E-state index is 13.0. The van der Waals surface area contributed by atoms with E-state index in [2.05, 4.69) is 21.2 Å². The van der Waals surface area contributed by atoms with Crippen molar-refractivity contribution in [1.82, 2.24) is 10.2 Å². The number of aryl methyl sites for hydroxylation is 1. The van der Waals surface area contributed by atoms with Crippen LogP contribution in [0.4, 0.5) is 5.13 Å². The van der Waals surface area contributed by atoms with E-state index in [0.29, 0.717) is 22.8 Å². The molecule has 1 fully saturated rings. The average Bonchev–Trinajstić information content (AvgIpc) is 3.38. The molecule has 8 heteroatoms. The van der Waals surface area contributed by atoms with E-state index in [9.17, 15) is 4.79 Å². The van der Waals surface area contributed by atoms with Crippen molar-refractivity contribution in [3.8, 4) is 15.6 Å². The highest BCUT2D eigenvalue weighted by Crippen LogP contribution is 2.44. The first-order chi connectivity index (χ1) is 14.0. The van der Waals surface area contributed by atoms with E-state index in [-0.39, 0.29) is 5.78 Å². The second-order valence-electron chi connectivity index (χ2n) is 7.74. The fraction of sp³-hybridized carbons (Fsp3) is 0.381. The summed E-state index contributed by atoms with van der Waals surface area (Å²) >= 11 is 9.65. The van der Waals surface area contributed by atoms with Crippen LogP contribution in [0.25, 0.3) is 9.88 Å². The minimum Gasteiger partial charge on any atom is -0.486 e. The van der Waals surface area contributed by atoms with Crippen molar-refractivity contribution in [2.45, 2.75) is 38.7 Å². The zero-order valence-electron chi connectivity index (χ0n) is 16.2. The predicted octanol–water partition coefficient (Wildman–Crippen LogP) is 5.54. The number of halogens is 1. The number of hydrogen-bond acceptors (Lipinski definition) is 7. The largest absolute Gasteiger partial charge is 0.486 e. The molecule has 1 saturated heterocycles. The highest BCUT2D eigenvalue weighted by Gasteiger charge is 2.44. The molecule has 2 aliphatic rings. The van der Waals surface area contributed by atoms with Gasteiger partial charge in [0.1, 0.15) is 11.4 Å². The SMILES string of the molecule is Cc1cc2c(c(C)c1Cl)C(=O)CC1(CCN(c3nnc(-c4cccs4)s3)CC1)O2. The lowest BCUT2D eigenvalue weighted by Crippen LogP contribution is -2.51. The number of carbonyl (C=O) groups excluding carboxylic acids is 1. The Hall–Kier alpha value is -1.96. The maximum atomic E-state index is 13.0. The van der Waals surface area contributed by atoms with E-state index in [1.54, 1.807) is 22.7 Å². The van der Waals surface area contributed by atoms with Crippen LogP contribution < -0.4 is 9.64 Å². The normalized spacial score (nSPS) is 18.0. The molecule has 0 radical (unpaired) electrons. The van der Waals surface area contributed by atoms with Gasteiger partial charge in [-0.1, -0.05) is 29.0 Å². The number of aromatic nitrogens is 2. The van der Waals surface area contributed by atoms with Crippen molar-refractivity contribution in [1.29, 1.82) is 0 Å². The Labute approximate surface area is 182 Å². The molecule has 1 aromatic carbocycles. The van der Waals surface area contributed by atoms with Crippen molar-refractivity contribution >= 4 is 45.2 Å². The summed E-state index contributed by atoms with van der Waals surface area (Å²) in [4.78, 5) is 16.4. The van der Waals surface area contributed by atoms with Crippen LogP contribution >= 0.6 is 34.3 Å². The van der Waals surface area contributed by atoms with Crippen molar-refractivity contribution < 1.29 is 9.53 Å². The summed E-state index contributed by atoms with van der Waals surface area (Å²) in [6.07, 6.45) is 1.98. The Kier molecular flexibility index (Phi) is 4.64. The molecule has 2 aliphatic heterocycles. The van der Waals surface area contributed by atoms with Crippen LogP contribution in [0.5, 0.6) is 5.75 Å². The van der Waals surface area contributed by atoms with Crippen LogP contribution in [0, 0.1) is 13.8 Å². The topological polar surface area (TPSA) is 55.3 Å². The first kappa shape index (κ1) is 19.0. The molecule has 4 heterocycles. The highest BCUT2D eigenvalue weighted by atomic mass is 35.5. The molecular formula is C21H20ClN3O2S2. The Morgan fingerprint density at radius 2 is 2.03 bits per heavy atom. The number of piperidine rings is 1. The Morgan fingerprint density at radius 3 is 2.76 bits per heavy atom. The van der Waals surface area contributed by atoms with Crippen molar-refractivity contribution in [2.75, 3.05) is 18.0 Å². The number of rotatable bonds is 2. The fourth-order valence-electron chi connectivity index (χ4n) is 4.23. The lowest BCUT2D eigenvalue weighted by Gasteiger charge is -2.44. The first-order valence-corrected chi connectivity index (χ1v) is 11.7. The van der Waals surface area contributed by atoms with E-state index in [1.165, 1.54) is 0 Å². The third-order valence-corrected chi connectivity index (χ3v) is 8.43. The van der Waals surface area contributed by atoms with Crippen LogP contribution in [-0.4, -0.2) is 34.7 Å². The number of carbonyl (C=O) groups is 1. The molecule has 5 rings (SSSR count). The molecule has 0 bridgehead atoms. The molecule has 0 N–H and O–H groups in total. The number of nitrogens with zero attached hydrogens (tertiary/aromatic N) is 3. The summed E-state index contributed by atoms with van der Waals surface area (Å²) in [5.41, 5.74) is 1.99. The van der Waals surface area contributed by atoms with Gasteiger partial charge in [0.05, 0.1) is 16.9 Å². The zero-order chi connectivity index (χ0) is 20.2. The number of Topliss-reactive ketones (excluding diaryl/α,β-unsaturated/α-hetero) is 1. The van der Waals surface area contributed by atoms with Gasteiger partial charge in [-0.2, -0.15) is 0 Å². The number of fused-ring (bicyclic) bond motifs is 1. The standard InChI is InChI=1S/C21H20ClN3O2S2/c1-12-10-15-17(13(2)18(12)22)14(26)11-21(27-15)5-7-25(8-6-21)20-24-23-19(29-20)16-4-3-9-28-16/h3-4,9-10H,5-8,11H2,1-2H3. The number of ether oxygens (including phenoxy) is 1. The second kappa shape index (κ2) is 7.07. The number of ketones is 1. The lowest BCUT2D eigenvalue weighted by atomic mass is 9.81. The number of benzene rings is 1. The summed E-state index contributed by atoms with van der Waals surface area (Å²) in [5, 5.41) is 13.3. The average molecular weight is 446 g/mol. The van der Waals surface area contributed by atoms with E-state index in [4.69, 9.17) is 16.3 Å². The van der Waals surface area contributed by atoms with Gasteiger partial charge in [0.2, 0.25) is 5.13 Å². The summed E-state index contributed by atoms with van der Waals surface area (Å²) in [6, 6.07) is 6.00. The Bertz CT molecular complexity index is 1090. The first-order valence-electron chi connectivity index (χ1n) is 9.60. The maximum Gasteiger partial charge on any atom is 0.208 e. The number of thiophene rings is 1. The predicted molar refractivity (Wildman–Crippen MR) is 118 cm³/mol. The van der Waals surface area contributed by atoms with E-state index < -0.39 is 5.60 Å². The quantitative estimate of drug-likeness (QED) is 0.518. The molecule has 150 valence electrons. The molecule has 2 aromatic heterocycles. The van der Waals surface area contributed by atoms with Gasteiger partial charge in [-0.15, -0.1) is 21.5 Å². The van der Waals surface area contributed by atoms with Crippen LogP contribution in [0.3, 0.4) is 0 Å². The van der Waals surface area contributed by atoms with Crippen LogP contribution in [-0.2, 0) is 0 Å². The van der Waals surface area contributed by atoms with Gasteiger partial charge in [0, 0.05) is 31.0 Å².